The minimum Gasteiger partial charge on any atom is -0.497 e. The molecular weight excluding hydrogens is 368 g/mol. The van der Waals surface area contributed by atoms with E-state index in [1.165, 1.54) is 5.56 Å². The Morgan fingerprint density at radius 3 is 2.55 bits per heavy atom. The number of morpholine rings is 1. The Morgan fingerprint density at radius 2 is 1.90 bits per heavy atom. The molecule has 1 heterocycles. The summed E-state index contributed by atoms with van der Waals surface area (Å²) >= 11 is 0. The third-order valence-electron chi connectivity index (χ3n) is 5.06. The smallest absolute Gasteiger partial charge is 0.319 e. The number of urea groups is 1. The summed E-state index contributed by atoms with van der Waals surface area (Å²) in [5, 5.41) is 5.89. The van der Waals surface area contributed by atoms with Crippen molar-refractivity contribution in [2.45, 2.75) is 6.04 Å². The van der Waals surface area contributed by atoms with E-state index in [4.69, 9.17) is 9.47 Å². The first-order valence-corrected chi connectivity index (χ1v) is 9.85. The van der Waals surface area contributed by atoms with Crippen LogP contribution in [0.4, 0.5) is 16.2 Å². The van der Waals surface area contributed by atoms with Gasteiger partial charge in [-0.05, 0) is 29.8 Å². The van der Waals surface area contributed by atoms with E-state index < -0.39 is 0 Å². The molecule has 2 amide bonds. The minimum atomic E-state index is -0.235. The molecular formula is C22H30N4O3. The molecule has 0 bridgehead atoms. The van der Waals surface area contributed by atoms with E-state index in [1.54, 1.807) is 13.2 Å². The first kappa shape index (κ1) is 21.0. The normalized spacial score (nSPS) is 15.4. The molecule has 1 atom stereocenters. The molecule has 29 heavy (non-hydrogen) atoms. The van der Waals surface area contributed by atoms with Gasteiger partial charge in [-0.15, -0.1) is 0 Å². The molecule has 0 aliphatic carbocycles. The van der Waals surface area contributed by atoms with Crippen molar-refractivity contribution in [1.29, 1.82) is 0 Å². The van der Waals surface area contributed by atoms with Gasteiger partial charge in [0.15, 0.2) is 0 Å². The van der Waals surface area contributed by atoms with Gasteiger partial charge in [0.25, 0.3) is 0 Å². The zero-order valence-electron chi connectivity index (χ0n) is 17.4. The highest BCUT2D eigenvalue weighted by Crippen LogP contribution is 2.24. The summed E-state index contributed by atoms with van der Waals surface area (Å²) in [5.41, 5.74) is 3.03. The van der Waals surface area contributed by atoms with Crippen molar-refractivity contribution in [3.8, 4) is 5.75 Å². The Labute approximate surface area is 172 Å². The van der Waals surface area contributed by atoms with Gasteiger partial charge in [-0.2, -0.15) is 0 Å². The van der Waals surface area contributed by atoms with Crippen LogP contribution in [-0.2, 0) is 4.74 Å². The number of carbonyl (C=O) groups is 1. The average Bonchev–Trinajstić information content (AvgIpc) is 2.75. The molecule has 7 heteroatoms. The highest BCUT2D eigenvalue weighted by molar-refractivity contribution is 5.89. The number of nitrogens with zero attached hydrogens (tertiary/aromatic N) is 2. The fraction of sp³-hybridized carbons (Fsp3) is 0.409. The number of carbonyl (C=O) groups excluding carboxylic acids is 1. The largest absolute Gasteiger partial charge is 0.497 e. The third-order valence-corrected chi connectivity index (χ3v) is 5.06. The summed E-state index contributed by atoms with van der Waals surface area (Å²) < 4.78 is 10.7. The maximum Gasteiger partial charge on any atom is 0.319 e. The summed E-state index contributed by atoms with van der Waals surface area (Å²) in [4.78, 5) is 16.9. The number of nitrogens with one attached hydrogen (secondary N) is 2. The zero-order chi connectivity index (χ0) is 20.6. The summed E-state index contributed by atoms with van der Waals surface area (Å²) in [6, 6.07) is 15.7. The molecule has 0 radical (unpaired) electrons. The van der Waals surface area contributed by atoms with E-state index in [0.29, 0.717) is 31.2 Å². The van der Waals surface area contributed by atoms with Crippen molar-refractivity contribution < 1.29 is 14.3 Å². The number of ether oxygens (including phenoxy) is 2. The fourth-order valence-electron chi connectivity index (χ4n) is 3.41. The van der Waals surface area contributed by atoms with Gasteiger partial charge in [0.05, 0.1) is 26.4 Å². The Bertz CT molecular complexity index is 789. The van der Waals surface area contributed by atoms with E-state index in [2.05, 4.69) is 44.7 Å². The lowest BCUT2D eigenvalue weighted by Crippen LogP contribution is -2.44. The first-order valence-electron chi connectivity index (χ1n) is 9.85. The molecule has 3 rings (SSSR count). The van der Waals surface area contributed by atoms with Crippen LogP contribution >= 0.6 is 0 Å². The molecule has 2 aromatic rings. The van der Waals surface area contributed by atoms with Gasteiger partial charge in [0.2, 0.25) is 0 Å². The molecule has 156 valence electrons. The van der Waals surface area contributed by atoms with Crippen molar-refractivity contribution in [2.75, 3.05) is 64.3 Å². The number of amides is 2. The summed E-state index contributed by atoms with van der Waals surface area (Å²) in [6.07, 6.45) is 0. The predicted octanol–water partition coefficient (Wildman–Crippen LogP) is 2.96. The van der Waals surface area contributed by atoms with E-state index in [9.17, 15) is 4.79 Å². The second-order valence-electron chi connectivity index (χ2n) is 7.22. The van der Waals surface area contributed by atoms with Gasteiger partial charge in [0, 0.05) is 51.2 Å². The van der Waals surface area contributed by atoms with Gasteiger partial charge in [0.1, 0.15) is 5.75 Å². The number of hydrogen-bond acceptors (Lipinski definition) is 5. The highest BCUT2D eigenvalue weighted by atomic mass is 16.5. The number of methoxy groups -OCH3 is 1. The Morgan fingerprint density at radius 1 is 1.17 bits per heavy atom. The third kappa shape index (κ3) is 5.85. The van der Waals surface area contributed by atoms with Gasteiger partial charge in [-0.25, -0.2) is 4.79 Å². The van der Waals surface area contributed by atoms with Gasteiger partial charge in [-0.1, -0.05) is 18.2 Å². The molecule has 0 saturated carbocycles. The predicted molar refractivity (Wildman–Crippen MR) is 116 cm³/mol. The number of benzene rings is 2. The summed E-state index contributed by atoms with van der Waals surface area (Å²) in [5.74, 6) is 0.704. The Kier molecular flexibility index (Phi) is 7.32. The summed E-state index contributed by atoms with van der Waals surface area (Å²) in [6.45, 7) is 3.63. The number of anilines is 2. The van der Waals surface area contributed by atoms with Crippen molar-refractivity contribution in [2.24, 2.45) is 0 Å². The molecule has 2 aromatic carbocycles. The second-order valence-corrected chi connectivity index (χ2v) is 7.22. The summed E-state index contributed by atoms with van der Waals surface area (Å²) in [7, 11) is 5.66. The molecule has 7 nitrogen and oxygen atoms in total. The fourth-order valence-corrected chi connectivity index (χ4v) is 3.41. The van der Waals surface area contributed by atoms with Crippen LogP contribution in [0.15, 0.2) is 48.5 Å². The highest BCUT2D eigenvalue weighted by Gasteiger charge is 2.23. The van der Waals surface area contributed by atoms with Crippen LogP contribution in [0.1, 0.15) is 11.6 Å². The topological polar surface area (TPSA) is 66.1 Å². The Hall–Kier alpha value is -2.77. The van der Waals surface area contributed by atoms with E-state index in [-0.39, 0.29) is 12.1 Å². The van der Waals surface area contributed by atoms with Crippen LogP contribution in [-0.4, -0.2) is 65.0 Å². The molecule has 1 fully saturated rings. The van der Waals surface area contributed by atoms with Crippen LogP contribution in [0.2, 0.25) is 0 Å². The second kappa shape index (κ2) is 10.1. The first-order chi connectivity index (χ1) is 14.1. The van der Waals surface area contributed by atoms with E-state index in [0.717, 1.165) is 18.8 Å². The molecule has 2 N–H and O–H groups in total. The minimum absolute atomic E-state index is 0.0890. The van der Waals surface area contributed by atoms with Crippen molar-refractivity contribution in [3.63, 3.8) is 0 Å². The molecule has 0 aromatic heterocycles. The molecule has 1 aliphatic heterocycles. The maximum absolute atomic E-state index is 12.5. The average molecular weight is 399 g/mol. The van der Waals surface area contributed by atoms with Gasteiger partial charge in [-0.3, -0.25) is 4.90 Å². The number of rotatable bonds is 7. The standard InChI is InChI=1S/C22H30N4O3/c1-25(2)19-9-7-17(8-10-19)21(26-11-13-29-14-12-26)16-23-22(27)24-18-5-4-6-20(15-18)28-3/h4-10,15,21H,11-14,16H2,1-3H3,(H2,23,24,27). The van der Waals surface area contributed by atoms with Crippen LogP contribution < -0.4 is 20.3 Å². The monoisotopic (exact) mass is 398 g/mol. The lowest BCUT2D eigenvalue weighted by molar-refractivity contribution is 0.0168. The van der Waals surface area contributed by atoms with Crippen molar-refractivity contribution in [1.82, 2.24) is 10.2 Å². The van der Waals surface area contributed by atoms with Crippen LogP contribution in [0.25, 0.3) is 0 Å². The molecule has 1 aliphatic rings. The molecule has 1 unspecified atom stereocenters. The van der Waals surface area contributed by atoms with Crippen molar-refractivity contribution >= 4 is 17.4 Å². The SMILES string of the molecule is COc1cccc(NC(=O)NCC(c2ccc(N(C)C)cc2)N2CCOCC2)c1. The maximum atomic E-state index is 12.5. The zero-order valence-corrected chi connectivity index (χ0v) is 17.4. The number of hydrogen-bond donors (Lipinski definition) is 2. The molecule has 1 saturated heterocycles. The van der Waals surface area contributed by atoms with Crippen molar-refractivity contribution in [3.05, 3.63) is 54.1 Å². The quantitative estimate of drug-likeness (QED) is 0.751. The Balaban J connectivity index is 1.66. The van der Waals surface area contributed by atoms with Gasteiger partial charge >= 0.3 is 6.03 Å². The lowest BCUT2D eigenvalue weighted by Gasteiger charge is -2.35. The lowest BCUT2D eigenvalue weighted by atomic mass is 10.0. The van der Waals surface area contributed by atoms with Crippen LogP contribution in [0.5, 0.6) is 5.75 Å². The van der Waals surface area contributed by atoms with Gasteiger partial charge < -0.3 is 25.0 Å². The van der Waals surface area contributed by atoms with Crippen LogP contribution in [0, 0.1) is 0 Å². The van der Waals surface area contributed by atoms with E-state index in [1.807, 2.05) is 32.3 Å². The molecule has 0 spiro atoms. The van der Waals surface area contributed by atoms with E-state index >= 15 is 0 Å². The van der Waals surface area contributed by atoms with Crippen LogP contribution in [0.3, 0.4) is 0 Å².